The Hall–Kier alpha value is -2.41. The molecule has 2 aromatic carbocycles. The smallest absolute Gasteiger partial charge is 0.156 e. The predicted octanol–water partition coefficient (Wildman–Crippen LogP) is 4.56. The number of nitrogens with zero attached hydrogens (tertiary/aromatic N) is 2. The van der Waals surface area contributed by atoms with Crippen molar-refractivity contribution in [3.8, 4) is 22.8 Å². The van der Waals surface area contributed by atoms with Crippen LogP contribution < -0.4 is 0 Å². The van der Waals surface area contributed by atoms with E-state index >= 15 is 0 Å². The third-order valence-corrected chi connectivity index (χ3v) is 4.57. The van der Waals surface area contributed by atoms with Gasteiger partial charge in [-0.2, -0.15) is 5.10 Å². The molecular formula is C17H11Cl2FN4O. The lowest BCUT2D eigenvalue weighted by molar-refractivity contribution is 0.281. The number of H-pyrrole nitrogens is 2. The van der Waals surface area contributed by atoms with E-state index in [0.29, 0.717) is 43.9 Å². The summed E-state index contributed by atoms with van der Waals surface area (Å²) in [6.45, 7) is -0.215. The van der Waals surface area contributed by atoms with E-state index in [9.17, 15) is 4.39 Å². The summed E-state index contributed by atoms with van der Waals surface area (Å²) in [4.78, 5) is 7.57. The van der Waals surface area contributed by atoms with Crippen molar-refractivity contribution in [1.82, 2.24) is 20.2 Å². The van der Waals surface area contributed by atoms with Crippen LogP contribution in [0.2, 0.25) is 10.0 Å². The van der Waals surface area contributed by atoms with Gasteiger partial charge in [-0.25, -0.2) is 9.37 Å². The molecule has 0 aliphatic rings. The van der Waals surface area contributed by atoms with Gasteiger partial charge in [0.05, 0.1) is 33.4 Å². The first-order chi connectivity index (χ1) is 12.0. The van der Waals surface area contributed by atoms with Crippen LogP contribution in [0, 0.1) is 5.82 Å². The molecule has 25 heavy (non-hydrogen) atoms. The first kappa shape index (κ1) is 16.1. The van der Waals surface area contributed by atoms with Crippen LogP contribution in [0.1, 0.15) is 5.56 Å². The standard InChI is InChI=1S/C17H11Cl2FN4O/c18-10-4-14-15(5-11(10)19)22-17(21-14)16-6-13(23-24-16)9-2-1-8(7-25)3-12(9)20/h1-6,25H,7H2,(H,21,22)(H,23,24). The molecule has 0 amide bonds. The lowest BCUT2D eigenvalue weighted by atomic mass is 10.1. The highest BCUT2D eigenvalue weighted by molar-refractivity contribution is 6.42. The van der Waals surface area contributed by atoms with E-state index in [1.807, 2.05) is 0 Å². The van der Waals surface area contributed by atoms with Crippen molar-refractivity contribution in [2.75, 3.05) is 0 Å². The molecular weight excluding hydrogens is 366 g/mol. The lowest BCUT2D eigenvalue weighted by Crippen LogP contribution is -1.89. The van der Waals surface area contributed by atoms with Gasteiger partial charge in [-0.15, -0.1) is 0 Å². The number of hydrogen-bond donors (Lipinski definition) is 3. The Morgan fingerprint density at radius 1 is 1.08 bits per heavy atom. The monoisotopic (exact) mass is 376 g/mol. The number of aliphatic hydroxyl groups is 1. The molecule has 0 saturated carbocycles. The number of aromatic amines is 2. The minimum atomic E-state index is -0.451. The zero-order valence-corrected chi connectivity index (χ0v) is 14.2. The van der Waals surface area contributed by atoms with Crippen LogP contribution in [0.25, 0.3) is 33.8 Å². The molecule has 2 aromatic heterocycles. The lowest BCUT2D eigenvalue weighted by Gasteiger charge is -2.01. The number of hydrogen-bond acceptors (Lipinski definition) is 3. The van der Waals surface area contributed by atoms with E-state index in [4.69, 9.17) is 28.3 Å². The molecule has 0 aliphatic heterocycles. The average Bonchev–Trinajstić information content (AvgIpc) is 3.22. The molecule has 0 radical (unpaired) electrons. The number of aromatic nitrogens is 4. The number of halogens is 3. The first-order valence-corrected chi connectivity index (χ1v) is 8.11. The van der Waals surface area contributed by atoms with E-state index in [0.717, 1.165) is 5.52 Å². The quantitative estimate of drug-likeness (QED) is 0.490. The van der Waals surface area contributed by atoms with Crippen LogP contribution in [-0.2, 0) is 6.61 Å². The second-order valence-electron chi connectivity index (χ2n) is 5.51. The molecule has 126 valence electrons. The highest BCUT2D eigenvalue weighted by Gasteiger charge is 2.14. The zero-order valence-electron chi connectivity index (χ0n) is 12.6. The molecule has 0 fully saturated rings. The van der Waals surface area contributed by atoms with Gasteiger partial charge in [-0.3, -0.25) is 5.10 Å². The van der Waals surface area contributed by atoms with E-state index in [2.05, 4.69) is 20.2 Å². The molecule has 0 bridgehead atoms. The molecule has 0 saturated heterocycles. The Labute approximate surface area is 151 Å². The van der Waals surface area contributed by atoms with Gasteiger partial charge >= 0.3 is 0 Å². The topological polar surface area (TPSA) is 77.6 Å². The summed E-state index contributed by atoms with van der Waals surface area (Å²) < 4.78 is 14.2. The minimum Gasteiger partial charge on any atom is -0.392 e. The molecule has 5 nitrogen and oxygen atoms in total. The predicted molar refractivity (Wildman–Crippen MR) is 95.0 cm³/mol. The molecule has 0 aliphatic carbocycles. The molecule has 0 spiro atoms. The molecule has 4 rings (SSSR count). The van der Waals surface area contributed by atoms with Crippen LogP contribution in [0.15, 0.2) is 36.4 Å². The fourth-order valence-electron chi connectivity index (χ4n) is 2.58. The molecule has 4 aromatic rings. The maximum Gasteiger partial charge on any atom is 0.156 e. The number of aliphatic hydroxyl groups excluding tert-OH is 1. The second kappa shape index (κ2) is 6.15. The Morgan fingerprint density at radius 3 is 2.64 bits per heavy atom. The summed E-state index contributed by atoms with van der Waals surface area (Å²) in [6, 6.07) is 9.58. The number of fused-ring (bicyclic) bond motifs is 1. The van der Waals surface area contributed by atoms with Crippen molar-refractivity contribution in [1.29, 1.82) is 0 Å². The third-order valence-electron chi connectivity index (χ3n) is 3.85. The maximum atomic E-state index is 14.2. The fourth-order valence-corrected chi connectivity index (χ4v) is 2.90. The largest absolute Gasteiger partial charge is 0.392 e. The first-order valence-electron chi connectivity index (χ1n) is 7.35. The van der Waals surface area contributed by atoms with Crippen molar-refractivity contribution in [2.24, 2.45) is 0 Å². The molecule has 0 unspecified atom stereocenters. The van der Waals surface area contributed by atoms with Gasteiger partial charge < -0.3 is 10.1 Å². The number of rotatable bonds is 3. The number of imidazole rings is 1. The second-order valence-corrected chi connectivity index (χ2v) is 6.32. The van der Waals surface area contributed by atoms with Crippen LogP contribution in [0.3, 0.4) is 0 Å². The normalized spacial score (nSPS) is 11.4. The van der Waals surface area contributed by atoms with Crippen LogP contribution >= 0.6 is 23.2 Å². The van der Waals surface area contributed by atoms with Crippen molar-refractivity contribution in [2.45, 2.75) is 6.61 Å². The van der Waals surface area contributed by atoms with Gasteiger partial charge in [0.2, 0.25) is 0 Å². The molecule has 2 heterocycles. The summed E-state index contributed by atoms with van der Waals surface area (Å²) in [7, 11) is 0. The van der Waals surface area contributed by atoms with Crippen molar-refractivity contribution in [3.05, 3.63) is 57.8 Å². The number of benzene rings is 2. The highest BCUT2D eigenvalue weighted by Crippen LogP contribution is 2.30. The molecule has 0 atom stereocenters. The Kier molecular flexibility index (Phi) is 3.95. The minimum absolute atomic E-state index is 0.215. The van der Waals surface area contributed by atoms with Crippen molar-refractivity contribution >= 4 is 34.2 Å². The summed E-state index contributed by atoms with van der Waals surface area (Å²) >= 11 is 12.0. The van der Waals surface area contributed by atoms with E-state index in [1.54, 1.807) is 30.3 Å². The van der Waals surface area contributed by atoms with E-state index in [-0.39, 0.29) is 6.61 Å². The van der Waals surface area contributed by atoms with Crippen LogP contribution in [0.4, 0.5) is 4.39 Å². The van der Waals surface area contributed by atoms with Crippen molar-refractivity contribution < 1.29 is 9.50 Å². The highest BCUT2D eigenvalue weighted by atomic mass is 35.5. The van der Waals surface area contributed by atoms with Crippen LogP contribution in [0.5, 0.6) is 0 Å². The Bertz CT molecular complexity index is 1050. The summed E-state index contributed by atoms with van der Waals surface area (Å²) in [5.74, 6) is 0.0900. The maximum absolute atomic E-state index is 14.2. The van der Waals surface area contributed by atoms with Gasteiger partial charge in [0, 0.05) is 5.56 Å². The Morgan fingerprint density at radius 2 is 1.88 bits per heavy atom. The van der Waals surface area contributed by atoms with Gasteiger partial charge in [-0.1, -0.05) is 29.3 Å². The van der Waals surface area contributed by atoms with E-state index in [1.165, 1.54) is 6.07 Å². The van der Waals surface area contributed by atoms with Gasteiger partial charge in [-0.05, 0) is 35.9 Å². The average molecular weight is 377 g/mol. The van der Waals surface area contributed by atoms with Crippen LogP contribution in [-0.4, -0.2) is 25.3 Å². The third kappa shape index (κ3) is 2.89. The zero-order chi connectivity index (χ0) is 17.6. The van der Waals surface area contributed by atoms with Gasteiger partial charge in [0.15, 0.2) is 5.82 Å². The van der Waals surface area contributed by atoms with Gasteiger partial charge in [0.1, 0.15) is 11.5 Å². The summed E-state index contributed by atoms with van der Waals surface area (Å²) in [5.41, 5.74) is 3.28. The van der Waals surface area contributed by atoms with Crippen molar-refractivity contribution in [3.63, 3.8) is 0 Å². The summed E-state index contributed by atoms with van der Waals surface area (Å²) in [5, 5.41) is 16.9. The Balaban J connectivity index is 1.74. The number of nitrogens with one attached hydrogen (secondary N) is 2. The molecule has 3 N–H and O–H groups in total. The van der Waals surface area contributed by atoms with Gasteiger partial charge in [0.25, 0.3) is 0 Å². The molecule has 8 heteroatoms. The van der Waals surface area contributed by atoms with E-state index < -0.39 is 5.82 Å². The summed E-state index contributed by atoms with van der Waals surface area (Å²) in [6.07, 6.45) is 0. The SMILES string of the molecule is OCc1ccc(-c2cc(-c3nc4cc(Cl)c(Cl)cc4[nH]3)[nH]n2)c(F)c1. The fraction of sp³-hybridized carbons (Fsp3) is 0.0588.